The number of nitrogens with one attached hydrogen (secondary N) is 1. The zero-order valence-electron chi connectivity index (χ0n) is 11.5. The van der Waals surface area contributed by atoms with E-state index in [-0.39, 0.29) is 5.41 Å². The summed E-state index contributed by atoms with van der Waals surface area (Å²) in [5.74, 6) is 0.618. The van der Waals surface area contributed by atoms with Crippen molar-refractivity contribution in [2.75, 3.05) is 25.6 Å². The van der Waals surface area contributed by atoms with Crippen LogP contribution in [-0.4, -0.2) is 34.9 Å². The molecular formula is C13H19ClN4O. The minimum Gasteiger partial charge on any atom is -0.385 e. The average molecular weight is 283 g/mol. The molecule has 6 heteroatoms. The summed E-state index contributed by atoms with van der Waals surface area (Å²) >= 11 is 5.91. The van der Waals surface area contributed by atoms with Crippen molar-refractivity contribution in [3.05, 3.63) is 23.4 Å². The number of hydrogen-bond donors (Lipinski definition) is 1. The van der Waals surface area contributed by atoms with E-state index >= 15 is 0 Å². The Morgan fingerprint density at radius 1 is 1.42 bits per heavy atom. The number of methoxy groups -OCH3 is 1. The van der Waals surface area contributed by atoms with E-state index < -0.39 is 0 Å². The van der Waals surface area contributed by atoms with Crippen molar-refractivity contribution in [1.29, 1.82) is 0 Å². The number of pyridine rings is 1. The number of nitrogens with zero attached hydrogens (tertiary/aromatic N) is 3. The third kappa shape index (κ3) is 3.81. The van der Waals surface area contributed by atoms with E-state index in [1.54, 1.807) is 23.9 Å². The van der Waals surface area contributed by atoms with E-state index in [1.165, 1.54) is 0 Å². The van der Waals surface area contributed by atoms with Gasteiger partial charge in [-0.25, -0.2) is 4.52 Å². The second kappa shape index (κ2) is 5.75. The highest BCUT2D eigenvalue weighted by Crippen LogP contribution is 2.20. The SMILES string of the molecule is COCCC(C)(C)CNc1nc2ccc(Cl)cn2n1. The lowest BCUT2D eigenvalue weighted by atomic mass is 9.90. The predicted octanol–water partition coefficient (Wildman–Crippen LogP) is 2.86. The Balaban J connectivity index is 2.01. The number of fused-ring (bicyclic) bond motifs is 1. The van der Waals surface area contributed by atoms with Gasteiger partial charge < -0.3 is 10.1 Å². The quantitative estimate of drug-likeness (QED) is 0.885. The van der Waals surface area contributed by atoms with Gasteiger partial charge in [0.05, 0.1) is 5.02 Å². The number of halogens is 1. The molecule has 0 saturated heterocycles. The molecule has 0 aliphatic heterocycles. The fourth-order valence-electron chi connectivity index (χ4n) is 1.72. The van der Waals surface area contributed by atoms with Gasteiger partial charge in [-0.2, -0.15) is 4.98 Å². The van der Waals surface area contributed by atoms with Gasteiger partial charge in [-0.1, -0.05) is 25.4 Å². The molecule has 0 unspecified atom stereocenters. The normalized spacial score (nSPS) is 12.0. The first-order chi connectivity index (χ1) is 9.00. The van der Waals surface area contributed by atoms with Crippen LogP contribution in [0.1, 0.15) is 20.3 Å². The summed E-state index contributed by atoms with van der Waals surface area (Å²) in [6.07, 6.45) is 2.72. The van der Waals surface area contributed by atoms with Crippen LogP contribution in [0.4, 0.5) is 5.95 Å². The van der Waals surface area contributed by atoms with Crippen molar-refractivity contribution in [2.45, 2.75) is 20.3 Å². The Kier molecular flexibility index (Phi) is 4.27. The Labute approximate surface area is 117 Å². The van der Waals surface area contributed by atoms with E-state index in [1.807, 2.05) is 6.07 Å². The Morgan fingerprint density at radius 2 is 2.21 bits per heavy atom. The van der Waals surface area contributed by atoms with Gasteiger partial charge in [0.1, 0.15) is 0 Å². The summed E-state index contributed by atoms with van der Waals surface area (Å²) in [4.78, 5) is 4.39. The highest BCUT2D eigenvalue weighted by molar-refractivity contribution is 6.30. The zero-order chi connectivity index (χ0) is 13.9. The fourth-order valence-corrected chi connectivity index (χ4v) is 1.87. The molecule has 104 valence electrons. The summed E-state index contributed by atoms with van der Waals surface area (Å²) in [6, 6.07) is 3.65. The van der Waals surface area contributed by atoms with E-state index in [2.05, 4.69) is 29.2 Å². The second-order valence-corrected chi connectivity index (χ2v) is 5.78. The summed E-state index contributed by atoms with van der Waals surface area (Å²) in [5.41, 5.74) is 0.909. The van der Waals surface area contributed by atoms with Crippen molar-refractivity contribution < 1.29 is 4.74 Å². The van der Waals surface area contributed by atoms with E-state index in [9.17, 15) is 0 Å². The maximum atomic E-state index is 5.91. The van der Waals surface area contributed by atoms with Crippen LogP contribution in [0.15, 0.2) is 18.3 Å². The fraction of sp³-hybridized carbons (Fsp3) is 0.538. The maximum absolute atomic E-state index is 5.91. The molecule has 2 heterocycles. The molecule has 0 aromatic carbocycles. The molecular weight excluding hydrogens is 264 g/mol. The van der Waals surface area contributed by atoms with Crippen LogP contribution in [0.3, 0.4) is 0 Å². The van der Waals surface area contributed by atoms with E-state index in [0.717, 1.165) is 25.2 Å². The summed E-state index contributed by atoms with van der Waals surface area (Å²) < 4.78 is 6.79. The Morgan fingerprint density at radius 3 is 2.95 bits per heavy atom. The van der Waals surface area contributed by atoms with Gasteiger partial charge in [0.15, 0.2) is 5.65 Å². The lowest BCUT2D eigenvalue weighted by Gasteiger charge is -2.23. The molecule has 19 heavy (non-hydrogen) atoms. The van der Waals surface area contributed by atoms with Crippen LogP contribution in [0.5, 0.6) is 0 Å². The molecule has 0 aliphatic rings. The molecule has 1 N–H and O–H groups in total. The van der Waals surface area contributed by atoms with Crippen LogP contribution in [0, 0.1) is 5.41 Å². The number of rotatable bonds is 6. The third-order valence-electron chi connectivity index (χ3n) is 3.00. The molecule has 2 aromatic heterocycles. The molecule has 2 aromatic rings. The number of hydrogen-bond acceptors (Lipinski definition) is 4. The number of aromatic nitrogens is 3. The molecule has 0 radical (unpaired) electrons. The minimum atomic E-state index is 0.130. The van der Waals surface area contributed by atoms with Gasteiger partial charge in [-0.3, -0.25) is 0 Å². The largest absolute Gasteiger partial charge is 0.385 e. The first-order valence-corrected chi connectivity index (χ1v) is 6.63. The van der Waals surface area contributed by atoms with E-state index in [0.29, 0.717) is 11.0 Å². The van der Waals surface area contributed by atoms with Gasteiger partial charge in [0, 0.05) is 26.5 Å². The minimum absolute atomic E-state index is 0.130. The van der Waals surface area contributed by atoms with Crippen molar-refractivity contribution in [3.63, 3.8) is 0 Å². The number of anilines is 1. The van der Waals surface area contributed by atoms with Gasteiger partial charge in [0.25, 0.3) is 0 Å². The van der Waals surface area contributed by atoms with E-state index in [4.69, 9.17) is 16.3 Å². The smallest absolute Gasteiger partial charge is 0.243 e. The maximum Gasteiger partial charge on any atom is 0.243 e. The average Bonchev–Trinajstić information content (AvgIpc) is 2.76. The Bertz CT molecular complexity index is 553. The molecule has 0 saturated carbocycles. The molecule has 5 nitrogen and oxygen atoms in total. The van der Waals surface area contributed by atoms with Gasteiger partial charge in [0.2, 0.25) is 5.95 Å². The Hall–Kier alpha value is -1.33. The molecule has 0 spiro atoms. The lowest BCUT2D eigenvalue weighted by Crippen LogP contribution is -2.25. The van der Waals surface area contributed by atoms with Crippen LogP contribution < -0.4 is 5.32 Å². The van der Waals surface area contributed by atoms with Crippen LogP contribution in [-0.2, 0) is 4.74 Å². The van der Waals surface area contributed by atoms with Gasteiger partial charge >= 0.3 is 0 Å². The van der Waals surface area contributed by atoms with Crippen LogP contribution >= 0.6 is 11.6 Å². The number of ether oxygens (including phenoxy) is 1. The van der Waals surface area contributed by atoms with Gasteiger partial charge in [-0.05, 0) is 24.0 Å². The molecule has 0 fully saturated rings. The second-order valence-electron chi connectivity index (χ2n) is 5.35. The third-order valence-corrected chi connectivity index (χ3v) is 3.23. The van der Waals surface area contributed by atoms with Crippen molar-refractivity contribution in [3.8, 4) is 0 Å². The monoisotopic (exact) mass is 282 g/mol. The first-order valence-electron chi connectivity index (χ1n) is 6.25. The molecule has 0 atom stereocenters. The van der Waals surface area contributed by atoms with Crippen molar-refractivity contribution >= 4 is 23.2 Å². The molecule has 0 amide bonds. The first kappa shape index (κ1) is 14.1. The lowest BCUT2D eigenvalue weighted by molar-refractivity contribution is 0.157. The van der Waals surface area contributed by atoms with Crippen molar-refractivity contribution in [1.82, 2.24) is 14.6 Å². The van der Waals surface area contributed by atoms with Crippen LogP contribution in [0.2, 0.25) is 5.02 Å². The topological polar surface area (TPSA) is 51.5 Å². The highest BCUT2D eigenvalue weighted by atomic mass is 35.5. The predicted molar refractivity (Wildman–Crippen MR) is 76.8 cm³/mol. The van der Waals surface area contributed by atoms with Crippen LogP contribution in [0.25, 0.3) is 5.65 Å². The van der Waals surface area contributed by atoms with Crippen molar-refractivity contribution in [2.24, 2.45) is 5.41 Å². The molecule has 0 bridgehead atoms. The summed E-state index contributed by atoms with van der Waals surface area (Å²) in [5, 5.41) is 8.24. The zero-order valence-corrected chi connectivity index (χ0v) is 12.2. The summed E-state index contributed by atoms with van der Waals surface area (Å²) in [6.45, 7) is 5.92. The molecule has 2 rings (SSSR count). The highest BCUT2D eigenvalue weighted by Gasteiger charge is 2.18. The standard InChI is InChI=1S/C13H19ClN4O/c1-13(2,6-7-19-3)9-15-12-16-11-5-4-10(14)8-18(11)17-12/h4-5,8H,6-7,9H2,1-3H3,(H,15,17). The van der Waals surface area contributed by atoms with Gasteiger partial charge in [-0.15, -0.1) is 5.10 Å². The summed E-state index contributed by atoms with van der Waals surface area (Å²) in [7, 11) is 1.72. The molecule has 0 aliphatic carbocycles.